The first-order valence-corrected chi connectivity index (χ1v) is 15.4. The summed E-state index contributed by atoms with van der Waals surface area (Å²) in [7, 11) is 11.2. The van der Waals surface area contributed by atoms with Crippen molar-refractivity contribution in [3.05, 3.63) is 115 Å². The van der Waals surface area contributed by atoms with Crippen LogP contribution in [0.3, 0.4) is 0 Å². The van der Waals surface area contributed by atoms with Crippen LogP contribution in [0.1, 0.15) is 0 Å². The van der Waals surface area contributed by atoms with Gasteiger partial charge in [0.25, 0.3) is 0 Å². The third kappa shape index (κ3) is 3.85. The lowest BCUT2D eigenvalue weighted by Crippen LogP contribution is -2.55. The normalized spacial score (nSPS) is 11.6. The molecule has 44 heavy (non-hydrogen) atoms. The zero-order valence-corrected chi connectivity index (χ0v) is 25.9. The minimum absolute atomic E-state index is 1.00. The molecule has 0 bridgehead atoms. The average molecular weight is 556 g/mol. The van der Waals surface area contributed by atoms with Crippen molar-refractivity contribution >= 4 is 110 Å². The molecule has 7 heteroatoms. The van der Waals surface area contributed by atoms with Gasteiger partial charge in [-0.1, -0.05) is 108 Å². The van der Waals surface area contributed by atoms with E-state index in [9.17, 15) is 0 Å². The Morgan fingerprint density at radius 2 is 0.977 bits per heavy atom. The summed E-state index contributed by atoms with van der Waals surface area (Å²) in [5, 5.41) is 7.42. The highest BCUT2D eigenvalue weighted by molar-refractivity contribution is 6.68. The maximum Gasteiger partial charge on any atom is 0.144 e. The van der Waals surface area contributed by atoms with Gasteiger partial charge in [0.15, 0.2) is 0 Å². The van der Waals surface area contributed by atoms with Crippen molar-refractivity contribution in [2.45, 2.75) is 0 Å². The third-order valence-corrected chi connectivity index (χ3v) is 9.95. The van der Waals surface area contributed by atoms with Crippen LogP contribution >= 0.6 is 0 Å². The van der Waals surface area contributed by atoms with E-state index in [0.29, 0.717) is 0 Å². The van der Waals surface area contributed by atoms with Crippen LogP contribution in [0.2, 0.25) is 0 Å². The van der Waals surface area contributed by atoms with Gasteiger partial charge in [0.05, 0.1) is 16.7 Å². The molecule has 0 aliphatic heterocycles. The number of hydrogen-bond donors (Lipinski definition) is 0. The first kappa shape index (κ1) is 26.7. The molecule has 0 saturated carbocycles. The van der Waals surface area contributed by atoms with Crippen LogP contribution in [0.4, 0.5) is 0 Å². The minimum Gasteiger partial charge on any atom is -0.291 e. The number of fused-ring (bicyclic) bond motifs is 4. The highest BCUT2D eigenvalue weighted by atomic mass is 15.1. The lowest BCUT2D eigenvalue weighted by atomic mass is 9.60. The van der Waals surface area contributed by atoms with Crippen LogP contribution in [-0.4, -0.2) is 48.8 Å². The van der Waals surface area contributed by atoms with Crippen LogP contribution < -0.4 is 27.3 Å². The lowest BCUT2D eigenvalue weighted by Gasteiger charge is -2.23. The topological polar surface area (TPSA) is 17.8 Å². The second-order valence-corrected chi connectivity index (χ2v) is 12.1. The largest absolute Gasteiger partial charge is 0.291 e. The van der Waals surface area contributed by atoms with Gasteiger partial charge in [-0.25, -0.2) is 4.98 Å². The highest BCUT2D eigenvalue weighted by Crippen LogP contribution is 2.43. The van der Waals surface area contributed by atoms with E-state index in [2.05, 4.69) is 159 Å². The molecule has 0 atom stereocenters. The lowest BCUT2D eigenvalue weighted by molar-refractivity contribution is 1.13. The van der Waals surface area contributed by atoms with E-state index in [1.807, 2.05) is 0 Å². The van der Waals surface area contributed by atoms with Gasteiger partial charge < -0.3 is 0 Å². The second-order valence-electron chi connectivity index (χ2n) is 12.1. The maximum absolute atomic E-state index is 5.38. The van der Waals surface area contributed by atoms with Gasteiger partial charge in [-0.3, -0.25) is 4.57 Å². The molecule has 8 rings (SSSR count). The molecule has 0 spiro atoms. The number of rotatable bonds is 3. The molecule has 0 aliphatic carbocycles. The molecule has 202 valence electrons. The Morgan fingerprint density at radius 1 is 0.455 bits per heavy atom. The maximum atomic E-state index is 5.38. The van der Waals surface area contributed by atoms with Gasteiger partial charge in [-0.2, -0.15) is 0 Å². The van der Waals surface area contributed by atoms with Gasteiger partial charge in [0.1, 0.15) is 45.1 Å². The van der Waals surface area contributed by atoms with Crippen molar-refractivity contribution in [1.82, 2.24) is 9.55 Å². The molecule has 0 amide bonds. The van der Waals surface area contributed by atoms with Gasteiger partial charge in [0, 0.05) is 16.3 Å². The summed E-state index contributed by atoms with van der Waals surface area (Å²) in [6.45, 7) is 0. The average Bonchev–Trinajstić information content (AvgIpc) is 3.43. The number of nitrogens with zero attached hydrogens (tertiary/aromatic N) is 2. The number of imidazole rings is 1. The van der Waals surface area contributed by atoms with Crippen LogP contribution in [-0.2, 0) is 0 Å². The first-order chi connectivity index (χ1) is 21.4. The van der Waals surface area contributed by atoms with E-state index in [4.69, 9.17) is 4.98 Å². The van der Waals surface area contributed by atoms with Crippen LogP contribution in [0.15, 0.2) is 115 Å². The van der Waals surface area contributed by atoms with Gasteiger partial charge in [-0.05, 0) is 50.9 Å². The van der Waals surface area contributed by atoms with E-state index < -0.39 is 0 Å². The third-order valence-electron chi connectivity index (χ3n) is 9.95. The van der Waals surface area contributed by atoms with E-state index in [-0.39, 0.29) is 0 Å². The van der Waals surface area contributed by atoms with Crippen LogP contribution in [0.5, 0.6) is 0 Å². The summed E-state index contributed by atoms with van der Waals surface area (Å²) < 4.78 is 2.44. The summed E-state index contributed by atoms with van der Waals surface area (Å²) in [5.41, 5.74) is 13.7. The molecule has 0 N–H and O–H groups in total. The molecular formula is C37H29B5N2. The van der Waals surface area contributed by atoms with Gasteiger partial charge in [0.2, 0.25) is 0 Å². The minimum atomic E-state index is 1.00. The van der Waals surface area contributed by atoms with Crippen molar-refractivity contribution in [1.29, 1.82) is 0 Å². The Morgan fingerprint density at radius 3 is 1.64 bits per heavy atom. The van der Waals surface area contributed by atoms with Crippen molar-refractivity contribution in [2.75, 3.05) is 0 Å². The summed E-state index contributed by atoms with van der Waals surface area (Å²) in [6, 6.07) is 41.9. The van der Waals surface area contributed by atoms with Crippen LogP contribution in [0.25, 0.3) is 71.6 Å². The number of para-hydroxylation sites is 2. The molecule has 0 aliphatic rings. The summed E-state index contributed by atoms with van der Waals surface area (Å²) in [5.74, 6) is 1.00. The van der Waals surface area contributed by atoms with E-state index in [1.54, 1.807) is 0 Å². The summed E-state index contributed by atoms with van der Waals surface area (Å²) in [4.78, 5) is 5.38. The fraction of sp³-hybridized carbons (Fsp3) is 0. The SMILES string of the molecule is Bc1c(B)c(B)c(-c2nc3ccccc3n2-c2c3ccccc3c(-c3ccc4ccccc4c3)c3ccccc23)c(B)c1B. The smallest absolute Gasteiger partial charge is 0.144 e. The number of hydrogen-bond acceptors (Lipinski definition) is 1. The fourth-order valence-corrected chi connectivity index (χ4v) is 7.26. The Labute approximate surface area is 262 Å². The van der Waals surface area contributed by atoms with Crippen molar-refractivity contribution in [2.24, 2.45) is 0 Å². The molecule has 1 aromatic heterocycles. The van der Waals surface area contributed by atoms with E-state index in [1.165, 1.54) is 82.0 Å². The molecule has 0 saturated heterocycles. The zero-order valence-electron chi connectivity index (χ0n) is 25.9. The van der Waals surface area contributed by atoms with E-state index >= 15 is 0 Å². The molecule has 1 heterocycles. The quantitative estimate of drug-likeness (QED) is 0.236. The molecule has 0 unspecified atom stereocenters. The van der Waals surface area contributed by atoms with E-state index in [0.717, 1.165) is 16.9 Å². The highest BCUT2D eigenvalue weighted by Gasteiger charge is 2.24. The molecular weight excluding hydrogens is 526 g/mol. The molecule has 2 nitrogen and oxygen atoms in total. The first-order valence-electron chi connectivity index (χ1n) is 15.4. The number of benzene rings is 7. The van der Waals surface area contributed by atoms with Crippen molar-refractivity contribution in [3.8, 4) is 28.2 Å². The molecule has 0 fully saturated rings. The Balaban J connectivity index is 1.55. The standard InChI is InChI=1S/C37H29B5N2/c38-31-30(32(39)34(41)35(42)33(31)40)37-43-27-15-7-8-16-28(27)44(37)36-25-13-5-3-11-23(25)29(24-12-4-6-14-26(24)36)22-18-17-20-9-1-2-10-21(20)19-22/h1-19H,38-42H2. The summed E-state index contributed by atoms with van der Waals surface area (Å²) in [6.07, 6.45) is 0. The Bertz CT molecular complexity index is 2380. The second kappa shape index (κ2) is 10.1. The molecule has 8 aromatic rings. The Hall–Kier alpha value is -4.89. The van der Waals surface area contributed by atoms with Crippen LogP contribution in [0, 0.1) is 0 Å². The predicted molar refractivity (Wildman–Crippen MR) is 205 cm³/mol. The zero-order chi connectivity index (χ0) is 30.1. The Kier molecular flexibility index (Phi) is 6.13. The fourth-order valence-electron chi connectivity index (χ4n) is 7.26. The molecule has 7 aromatic carbocycles. The van der Waals surface area contributed by atoms with Gasteiger partial charge in [-0.15, -0.1) is 16.4 Å². The predicted octanol–water partition coefficient (Wildman–Crippen LogP) is 1.11. The molecule has 0 radical (unpaired) electrons. The monoisotopic (exact) mass is 556 g/mol. The number of aromatic nitrogens is 2. The van der Waals surface area contributed by atoms with Crippen molar-refractivity contribution < 1.29 is 0 Å². The van der Waals surface area contributed by atoms with Gasteiger partial charge >= 0.3 is 0 Å². The summed E-state index contributed by atoms with van der Waals surface area (Å²) >= 11 is 0. The van der Waals surface area contributed by atoms with Crippen molar-refractivity contribution in [3.63, 3.8) is 0 Å².